The number of amides is 1. The van der Waals surface area contributed by atoms with E-state index in [1.165, 1.54) is 16.7 Å². The maximum atomic E-state index is 14.5. The Kier molecular flexibility index (Phi) is 6.26. The molecule has 4 rings (SSSR count). The van der Waals surface area contributed by atoms with Crippen LogP contribution in [0.15, 0.2) is 23.0 Å². The molecule has 0 spiro atoms. The summed E-state index contributed by atoms with van der Waals surface area (Å²) in [7, 11) is 0. The summed E-state index contributed by atoms with van der Waals surface area (Å²) in [4.78, 5) is 31.2. The fraction of sp³-hybridized carbons (Fsp3) is 0.455. The summed E-state index contributed by atoms with van der Waals surface area (Å²) in [5.74, 6) is -1.82. The van der Waals surface area contributed by atoms with Crippen molar-refractivity contribution in [3.8, 4) is 0 Å². The lowest BCUT2D eigenvalue weighted by atomic mass is 10.1. The maximum absolute atomic E-state index is 14.5. The lowest BCUT2D eigenvalue weighted by molar-refractivity contribution is -0.147. The summed E-state index contributed by atoms with van der Waals surface area (Å²) in [6, 6.07) is 4.60. The molecule has 1 unspecified atom stereocenters. The second-order valence-corrected chi connectivity index (χ2v) is 8.75. The molecule has 0 saturated carbocycles. The van der Waals surface area contributed by atoms with Crippen LogP contribution < -0.4 is 16.4 Å². The van der Waals surface area contributed by atoms with Crippen molar-refractivity contribution < 1.29 is 23.5 Å². The second-order valence-electron chi connectivity index (χ2n) is 8.37. The molecule has 2 aromatic rings. The number of halogens is 2. The van der Waals surface area contributed by atoms with Gasteiger partial charge in [0.05, 0.1) is 23.5 Å². The van der Waals surface area contributed by atoms with Crippen LogP contribution in [0.2, 0.25) is 5.02 Å². The second kappa shape index (κ2) is 8.82. The Balaban J connectivity index is 1.61. The molecular formula is C22H25ClFN3O5. The Morgan fingerprint density at radius 1 is 1.41 bits per heavy atom. The molecule has 0 aliphatic carbocycles. The van der Waals surface area contributed by atoms with Crippen LogP contribution in [0.1, 0.15) is 41.9 Å². The third kappa shape index (κ3) is 4.52. The summed E-state index contributed by atoms with van der Waals surface area (Å²) in [5.41, 5.74) is 3.54. The molecule has 10 heteroatoms. The van der Waals surface area contributed by atoms with Crippen LogP contribution >= 0.6 is 11.6 Å². The molecule has 1 fully saturated rings. The standard InChI is InChI=1S/C22H25ClFN3O5/c1-12-6-7-15(14(24)9-12)25-19-17(16-5-4-8-27(16)21(29)18(19)23)20(28)26-31-11-13-10-30-22(2,3)32-13/h6-7,9,13,25H,4-5,8,10-11H2,1-3H3,(H,26,28). The van der Waals surface area contributed by atoms with Crippen LogP contribution in [0.4, 0.5) is 15.8 Å². The molecule has 1 saturated heterocycles. The van der Waals surface area contributed by atoms with Crippen molar-refractivity contribution in [2.45, 2.75) is 52.0 Å². The van der Waals surface area contributed by atoms with Crippen molar-refractivity contribution in [1.29, 1.82) is 0 Å². The molecule has 1 amide bonds. The number of ether oxygens (including phenoxy) is 2. The molecule has 2 N–H and O–H groups in total. The molecule has 1 aromatic carbocycles. The quantitative estimate of drug-likeness (QED) is 0.635. The maximum Gasteiger partial charge on any atom is 0.278 e. The minimum absolute atomic E-state index is 0.0512. The van der Waals surface area contributed by atoms with E-state index >= 15 is 0 Å². The number of carbonyl (C=O) groups excluding carboxylic acids is 1. The average Bonchev–Trinajstić information content (AvgIpc) is 3.34. The fourth-order valence-corrected chi connectivity index (χ4v) is 4.20. The van der Waals surface area contributed by atoms with Crippen LogP contribution in [0.25, 0.3) is 0 Å². The third-order valence-corrected chi connectivity index (χ3v) is 5.78. The van der Waals surface area contributed by atoms with Gasteiger partial charge in [-0.15, -0.1) is 0 Å². The Labute approximate surface area is 189 Å². The first-order valence-electron chi connectivity index (χ1n) is 10.4. The van der Waals surface area contributed by atoms with Crippen molar-refractivity contribution in [3.63, 3.8) is 0 Å². The molecule has 0 radical (unpaired) electrons. The van der Waals surface area contributed by atoms with Gasteiger partial charge in [0.1, 0.15) is 23.6 Å². The zero-order valence-electron chi connectivity index (χ0n) is 18.1. The summed E-state index contributed by atoms with van der Waals surface area (Å²) in [5, 5.41) is 2.66. The van der Waals surface area contributed by atoms with E-state index in [1.54, 1.807) is 26.8 Å². The van der Waals surface area contributed by atoms with Crippen LogP contribution in [-0.2, 0) is 27.3 Å². The van der Waals surface area contributed by atoms with Crippen molar-refractivity contribution >= 4 is 28.9 Å². The van der Waals surface area contributed by atoms with E-state index in [-0.39, 0.29) is 34.7 Å². The van der Waals surface area contributed by atoms with Crippen molar-refractivity contribution in [2.24, 2.45) is 0 Å². The van der Waals surface area contributed by atoms with Gasteiger partial charge >= 0.3 is 0 Å². The van der Waals surface area contributed by atoms with Crippen LogP contribution in [0, 0.1) is 12.7 Å². The van der Waals surface area contributed by atoms with E-state index in [4.69, 9.17) is 25.9 Å². The zero-order chi connectivity index (χ0) is 23.0. The number of hydroxylamine groups is 1. The molecule has 32 heavy (non-hydrogen) atoms. The van der Waals surface area contributed by atoms with E-state index in [0.717, 1.165) is 5.56 Å². The van der Waals surface area contributed by atoms with Gasteiger partial charge in [-0.3, -0.25) is 14.4 Å². The van der Waals surface area contributed by atoms with Crippen molar-refractivity contribution in [3.05, 3.63) is 56.2 Å². The molecule has 1 aromatic heterocycles. The van der Waals surface area contributed by atoms with Gasteiger partial charge in [0.2, 0.25) is 0 Å². The molecule has 8 nitrogen and oxygen atoms in total. The summed E-state index contributed by atoms with van der Waals surface area (Å²) in [6.07, 6.45) is 0.864. The first kappa shape index (κ1) is 22.7. The predicted octanol–water partition coefficient (Wildman–Crippen LogP) is 3.45. The number of rotatable bonds is 6. The Morgan fingerprint density at radius 2 is 2.19 bits per heavy atom. The van der Waals surface area contributed by atoms with Crippen LogP contribution in [-0.4, -0.2) is 35.6 Å². The molecule has 0 bridgehead atoms. The summed E-state index contributed by atoms with van der Waals surface area (Å²) >= 11 is 6.35. The normalized spacial score (nSPS) is 19.1. The molecule has 2 aliphatic rings. The first-order chi connectivity index (χ1) is 15.2. The van der Waals surface area contributed by atoms with Gasteiger partial charge < -0.3 is 19.4 Å². The van der Waals surface area contributed by atoms with Gasteiger partial charge in [0.25, 0.3) is 11.5 Å². The number of fused-ring (bicyclic) bond motifs is 1. The van der Waals surface area contributed by atoms with Gasteiger partial charge in [-0.2, -0.15) is 0 Å². The number of anilines is 2. The summed E-state index contributed by atoms with van der Waals surface area (Å²) in [6.45, 7) is 6.22. The highest BCUT2D eigenvalue weighted by Gasteiger charge is 2.33. The minimum Gasteiger partial charge on any atom is -0.351 e. The fourth-order valence-electron chi connectivity index (χ4n) is 3.95. The van der Waals surface area contributed by atoms with Gasteiger partial charge in [-0.05, 0) is 51.3 Å². The van der Waals surface area contributed by atoms with E-state index < -0.39 is 23.1 Å². The highest BCUT2D eigenvalue weighted by atomic mass is 35.5. The zero-order valence-corrected chi connectivity index (χ0v) is 18.8. The van der Waals surface area contributed by atoms with Crippen molar-refractivity contribution in [2.75, 3.05) is 18.5 Å². The Bertz CT molecular complexity index is 1120. The predicted molar refractivity (Wildman–Crippen MR) is 117 cm³/mol. The molecule has 2 aliphatic heterocycles. The summed E-state index contributed by atoms with van der Waals surface area (Å²) < 4.78 is 27.1. The Hall–Kier alpha value is -2.46. The largest absolute Gasteiger partial charge is 0.351 e. The van der Waals surface area contributed by atoms with E-state index in [1.807, 2.05) is 0 Å². The number of carbonyl (C=O) groups is 1. The monoisotopic (exact) mass is 465 g/mol. The van der Waals surface area contributed by atoms with Crippen molar-refractivity contribution in [1.82, 2.24) is 10.0 Å². The lowest BCUT2D eigenvalue weighted by Gasteiger charge is -2.19. The number of pyridine rings is 1. The molecule has 3 heterocycles. The van der Waals surface area contributed by atoms with Gasteiger partial charge in [0.15, 0.2) is 5.79 Å². The van der Waals surface area contributed by atoms with E-state index in [2.05, 4.69) is 10.8 Å². The number of nitrogens with zero attached hydrogens (tertiary/aromatic N) is 1. The Morgan fingerprint density at radius 3 is 2.88 bits per heavy atom. The molecular weight excluding hydrogens is 441 g/mol. The SMILES string of the molecule is Cc1ccc(Nc2c(C(=O)NOCC3COC(C)(C)O3)c3n(c(=O)c2Cl)CCC3)c(F)c1. The lowest BCUT2D eigenvalue weighted by Crippen LogP contribution is -2.33. The van der Waals surface area contributed by atoms with Gasteiger partial charge in [0, 0.05) is 12.2 Å². The molecule has 1 atom stereocenters. The van der Waals surface area contributed by atoms with Gasteiger partial charge in [-0.1, -0.05) is 17.7 Å². The smallest absolute Gasteiger partial charge is 0.278 e. The number of aryl methyl sites for hydroxylation is 1. The number of hydrogen-bond acceptors (Lipinski definition) is 6. The average molecular weight is 466 g/mol. The number of nitrogens with one attached hydrogen (secondary N) is 2. The number of aromatic nitrogens is 1. The third-order valence-electron chi connectivity index (χ3n) is 5.42. The first-order valence-corrected chi connectivity index (χ1v) is 10.8. The highest BCUT2D eigenvalue weighted by Crippen LogP contribution is 2.33. The number of benzene rings is 1. The van der Waals surface area contributed by atoms with E-state index in [0.29, 0.717) is 31.7 Å². The minimum atomic E-state index is -0.706. The van der Waals surface area contributed by atoms with E-state index in [9.17, 15) is 14.0 Å². The topological polar surface area (TPSA) is 90.8 Å². The van der Waals surface area contributed by atoms with Crippen LogP contribution in [0.5, 0.6) is 0 Å². The van der Waals surface area contributed by atoms with Crippen LogP contribution in [0.3, 0.4) is 0 Å². The number of hydrogen-bond donors (Lipinski definition) is 2. The van der Waals surface area contributed by atoms with Gasteiger partial charge in [-0.25, -0.2) is 9.87 Å². The highest BCUT2D eigenvalue weighted by molar-refractivity contribution is 6.34. The molecule has 172 valence electrons.